The Hall–Kier alpha value is -2.10. The van der Waals surface area contributed by atoms with Crippen molar-refractivity contribution in [2.75, 3.05) is 13.7 Å². The predicted octanol–water partition coefficient (Wildman–Crippen LogP) is 2.63. The highest BCUT2D eigenvalue weighted by atomic mass is 16.5. The lowest BCUT2D eigenvalue weighted by molar-refractivity contribution is -0.140. The van der Waals surface area contributed by atoms with Crippen LogP contribution >= 0.6 is 0 Å². The van der Waals surface area contributed by atoms with Gasteiger partial charge in [0.05, 0.1) is 7.11 Å². The molecule has 1 N–H and O–H groups in total. The van der Waals surface area contributed by atoms with Gasteiger partial charge >= 0.3 is 5.97 Å². The van der Waals surface area contributed by atoms with Crippen molar-refractivity contribution in [3.63, 3.8) is 0 Å². The molecule has 0 bridgehead atoms. The Bertz CT molecular complexity index is 454. The normalized spacial score (nSPS) is 10.5. The molecule has 1 aromatic carbocycles. The molecule has 0 saturated heterocycles. The van der Waals surface area contributed by atoms with Gasteiger partial charge in [-0.25, -0.2) is 0 Å². The maximum atomic E-state index is 11.5. The summed E-state index contributed by atoms with van der Waals surface area (Å²) in [6.07, 6.45) is 7.21. The summed E-state index contributed by atoms with van der Waals surface area (Å²) in [4.78, 5) is 22.4. The number of nitrogens with one attached hydrogen (secondary N) is 1. The largest absolute Gasteiger partial charge is 0.469 e. The molecular weight excluding hydrogens is 266 g/mol. The highest BCUT2D eigenvalue weighted by Gasteiger charge is 1.99. The molecule has 0 spiro atoms. The SMILES string of the molecule is COC(=O)CCCCCNC(=O)C=CCc1ccccc1. The Morgan fingerprint density at radius 1 is 1.14 bits per heavy atom. The molecule has 21 heavy (non-hydrogen) atoms. The molecule has 4 nitrogen and oxygen atoms in total. The Balaban J connectivity index is 2.05. The summed E-state index contributed by atoms with van der Waals surface area (Å²) in [7, 11) is 1.39. The average molecular weight is 289 g/mol. The van der Waals surface area contributed by atoms with Crippen molar-refractivity contribution in [3.05, 3.63) is 48.0 Å². The molecule has 0 fully saturated rings. The van der Waals surface area contributed by atoms with Crippen LogP contribution in [0.5, 0.6) is 0 Å². The summed E-state index contributed by atoms with van der Waals surface area (Å²) >= 11 is 0. The molecule has 4 heteroatoms. The van der Waals surface area contributed by atoms with E-state index in [1.165, 1.54) is 12.7 Å². The molecule has 0 aromatic heterocycles. The average Bonchev–Trinajstić information content (AvgIpc) is 2.51. The molecule has 0 heterocycles. The number of carbonyl (C=O) groups is 2. The molecule has 0 aliphatic heterocycles. The number of allylic oxidation sites excluding steroid dienone is 1. The van der Waals surface area contributed by atoms with Gasteiger partial charge in [-0.15, -0.1) is 0 Å². The zero-order valence-corrected chi connectivity index (χ0v) is 12.5. The van der Waals surface area contributed by atoms with Crippen molar-refractivity contribution in [1.82, 2.24) is 5.32 Å². The second kappa shape index (κ2) is 10.7. The number of benzene rings is 1. The molecule has 0 aliphatic carbocycles. The van der Waals surface area contributed by atoms with Gasteiger partial charge in [-0.05, 0) is 30.9 Å². The van der Waals surface area contributed by atoms with E-state index in [9.17, 15) is 9.59 Å². The highest BCUT2D eigenvalue weighted by molar-refractivity contribution is 5.87. The van der Waals surface area contributed by atoms with Crippen molar-refractivity contribution >= 4 is 11.9 Å². The van der Waals surface area contributed by atoms with Gasteiger partial charge < -0.3 is 10.1 Å². The number of carbonyl (C=O) groups excluding carboxylic acids is 2. The zero-order valence-electron chi connectivity index (χ0n) is 12.5. The first-order valence-corrected chi connectivity index (χ1v) is 7.27. The number of methoxy groups -OCH3 is 1. The maximum absolute atomic E-state index is 11.5. The Labute approximate surface area is 126 Å². The van der Waals surface area contributed by atoms with Gasteiger partial charge in [0.15, 0.2) is 0 Å². The van der Waals surface area contributed by atoms with Gasteiger partial charge in [0.2, 0.25) is 5.91 Å². The topological polar surface area (TPSA) is 55.4 Å². The zero-order chi connectivity index (χ0) is 15.3. The van der Waals surface area contributed by atoms with Crippen molar-refractivity contribution in [3.8, 4) is 0 Å². The van der Waals surface area contributed by atoms with Crippen LogP contribution in [0.1, 0.15) is 31.2 Å². The fourth-order valence-electron chi connectivity index (χ4n) is 1.86. The van der Waals surface area contributed by atoms with Crippen molar-refractivity contribution in [2.45, 2.75) is 32.1 Å². The maximum Gasteiger partial charge on any atom is 0.305 e. The Kier molecular flexibility index (Phi) is 8.61. The number of hydrogen-bond acceptors (Lipinski definition) is 3. The number of amides is 1. The predicted molar refractivity (Wildman–Crippen MR) is 82.8 cm³/mol. The summed E-state index contributed by atoms with van der Waals surface area (Å²) in [6.45, 7) is 0.635. The van der Waals surface area contributed by atoms with Gasteiger partial charge in [0, 0.05) is 13.0 Å². The minimum absolute atomic E-state index is 0.0705. The standard InChI is InChI=1S/C17H23NO3/c1-21-17(20)13-6-3-7-14-18-16(19)12-8-11-15-9-4-2-5-10-15/h2,4-5,8-10,12H,3,6-7,11,13-14H2,1H3,(H,18,19). The first-order valence-electron chi connectivity index (χ1n) is 7.27. The van der Waals surface area contributed by atoms with Gasteiger partial charge in [-0.1, -0.05) is 42.8 Å². The molecule has 0 unspecified atom stereocenters. The van der Waals surface area contributed by atoms with E-state index < -0.39 is 0 Å². The van der Waals surface area contributed by atoms with Gasteiger partial charge in [-0.3, -0.25) is 9.59 Å². The number of rotatable bonds is 9. The number of unbranched alkanes of at least 4 members (excludes halogenated alkanes) is 2. The third kappa shape index (κ3) is 8.63. The summed E-state index contributed by atoms with van der Waals surface area (Å²) in [5, 5.41) is 2.83. The second-order valence-electron chi connectivity index (χ2n) is 4.77. The summed E-state index contributed by atoms with van der Waals surface area (Å²) in [5.41, 5.74) is 1.18. The van der Waals surface area contributed by atoms with E-state index in [2.05, 4.69) is 10.1 Å². The van der Waals surface area contributed by atoms with Crippen LogP contribution in [0.4, 0.5) is 0 Å². The minimum Gasteiger partial charge on any atom is -0.469 e. The Morgan fingerprint density at radius 2 is 1.90 bits per heavy atom. The van der Waals surface area contributed by atoms with Crippen molar-refractivity contribution in [2.24, 2.45) is 0 Å². The van der Waals surface area contributed by atoms with Crippen LogP contribution < -0.4 is 5.32 Å². The van der Waals surface area contributed by atoms with E-state index in [0.29, 0.717) is 13.0 Å². The van der Waals surface area contributed by atoms with E-state index in [0.717, 1.165) is 25.7 Å². The summed E-state index contributed by atoms with van der Waals surface area (Å²) in [5.74, 6) is -0.248. The summed E-state index contributed by atoms with van der Waals surface area (Å²) in [6, 6.07) is 10.0. The lowest BCUT2D eigenvalue weighted by Gasteiger charge is -2.02. The van der Waals surface area contributed by atoms with E-state index >= 15 is 0 Å². The van der Waals surface area contributed by atoms with Gasteiger partial charge in [-0.2, -0.15) is 0 Å². The van der Waals surface area contributed by atoms with Crippen LogP contribution in [0.25, 0.3) is 0 Å². The smallest absolute Gasteiger partial charge is 0.305 e. The van der Waals surface area contributed by atoms with Crippen LogP contribution in [0, 0.1) is 0 Å². The van der Waals surface area contributed by atoms with Crippen LogP contribution in [0.2, 0.25) is 0 Å². The van der Waals surface area contributed by atoms with Crippen molar-refractivity contribution in [1.29, 1.82) is 0 Å². The molecule has 0 atom stereocenters. The Morgan fingerprint density at radius 3 is 2.62 bits per heavy atom. The molecule has 1 amide bonds. The van der Waals surface area contributed by atoms with Crippen LogP contribution in [-0.4, -0.2) is 25.5 Å². The number of hydrogen-bond donors (Lipinski definition) is 1. The quantitative estimate of drug-likeness (QED) is 0.432. The molecule has 0 aliphatic rings. The van der Waals surface area contributed by atoms with Gasteiger partial charge in [0.1, 0.15) is 0 Å². The monoisotopic (exact) mass is 289 g/mol. The molecule has 1 aromatic rings. The van der Waals surface area contributed by atoms with E-state index in [1.54, 1.807) is 6.08 Å². The van der Waals surface area contributed by atoms with Crippen molar-refractivity contribution < 1.29 is 14.3 Å². The van der Waals surface area contributed by atoms with Gasteiger partial charge in [0.25, 0.3) is 0 Å². The van der Waals surface area contributed by atoms with E-state index in [4.69, 9.17) is 0 Å². The second-order valence-corrected chi connectivity index (χ2v) is 4.77. The third-order valence-electron chi connectivity index (χ3n) is 3.05. The lowest BCUT2D eigenvalue weighted by Crippen LogP contribution is -2.22. The number of ether oxygens (including phenoxy) is 1. The molecule has 0 saturated carbocycles. The minimum atomic E-state index is -0.178. The van der Waals surface area contributed by atoms with Crippen LogP contribution in [-0.2, 0) is 20.7 Å². The van der Waals surface area contributed by atoms with Crippen LogP contribution in [0.3, 0.4) is 0 Å². The van der Waals surface area contributed by atoms with E-state index in [-0.39, 0.29) is 11.9 Å². The molecular formula is C17H23NO3. The number of esters is 1. The fraction of sp³-hybridized carbons (Fsp3) is 0.412. The first-order chi connectivity index (χ1) is 10.2. The highest BCUT2D eigenvalue weighted by Crippen LogP contribution is 2.01. The molecule has 114 valence electrons. The first kappa shape index (κ1) is 17.0. The fourth-order valence-corrected chi connectivity index (χ4v) is 1.86. The van der Waals surface area contributed by atoms with E-state index in [1.807, 2.05) is 36.4 Å². The van der Waals surface area contributed by atoms with Crippen LogP contribution in [0.15, 0.2) is 42.5 Å². The summed E-state index contributed by atoms with van der Waals surface area (Å²) < 4.78 is 4.56. The lowest BCUT2D eigenvalue weighted by atomic mass is 10.1. The third-order valence-corrected chi connectivity index (χ3v) is 3.05. The molecule has 1 rings (SSSR count). The molecule has 0 radical (unpaired) electrons.